The van der Waals surface area contributed by atoms with Gasteiger partial charge in [-0.05, 0) is 13.3 Å². The molecule has 0 unspecified atom stereocenters. The molecule has 4 N–H and O–H groups in total. The lowest BCUT2D eigenvalue weighted by molar-refractivity contribution is -0.117. The van der Waals surface area contributed by atoms with E-state index in [-0.39, 0.29) is 24.7 Å². The molecule has 8 nitrogen and oxygen atoms in total. The van der Waals surface area contributed by atoms with Gasteiger partial charge >= 0.3 is 6.09 Å². The maximum absolute atomic E-state index is 11.8. The Morgan fingerprint density at radius 3 is 2.79 bits per heavy atom. The Morgan fingerprint density at radius 2 is 2.16 bits per heavy atom. The Labute approximate surface area is 109 Å². The average Bonchev–Trinajstić information content (AvgIpc) is 2.72. The Bertz CT molecular complexity index is 531. The van der Waals surface area contributed by atoms with Crippen LogP contribution in [0.25, 0.3) is 0 Å². The zero-order chi connectivity index (χ0) is 14.0. The number of hydrogen-bond acceptors (Lipinski definition) is 6. The van der Waals surface area contributed by atoms with Gasteiger partial charge in [-0.25, -0.2) is 14.8 Å². The van der Waals surface area contributed by atoms with Crippen LogP contribution in [-0.2, 0) is 22.4 Å². The average molecular weight is 265 g/mol. The Balaban J connectivity index is 2.34. The summed E-state index contributed by atoms with van der Waals surface area (Å²) in [7, 11) is 0. The van der Waals surface area contributed by atoms with Crippen molar-refractivity contribution in [3.05, 3.63) is 11.4 Å². The first kappa shape index (κ1) is 13.1. The number of aromatic nitrogens is 2. The summed E-state index contributed by atoms with van der Waals surface area (Å²) in [5.41, 5.74) is 11.6. The number of rotatable bonds is 3. The van der Waals surface area contributed by atoms with Gasteiger partial charge in [-0.2, -0.15) is 0 Å². The van der Waals surface area contributed by atoms with E-state index >= 15 is 0 Å². The van der Waals surface area contributed by atoms with Crippen molar-refractivity contribution in [3.8, 4) is 0 Å². The Kier molecular flexibility index (Phi) is 3.50. The number of carbonyl (C=O) groups excluding carboxylic acids is 2. The van der Waals surface area contributed by atoms with E-state index in [2.05, 4.69) is 9.97 Å². The van der Waals surface area contributed by atoms with Gasteiger partial charge in [0.2, 0.25) is 5.91 Å². The minimum Gasteiger partial charge on any atom is -0.449 e. The Morgan fingerprint density at radius 1 is 1.42 bits per heavy atom. The summed E-state index contributed by atoms with van der Waals surface area (Å²) in [6.07, 6.45) is -0.0327. The van der Waals surface area contributed by atoms with Gasteiger partial charge in [0.15, 0.2) is 0 Å². The molecule has 0 spiro atoms. The molecule has 2 heterocycles. The zero-order valence-corrected chi connectivity index (χ0v) is 10.5. The van der Waals surface area contributed by atoms with Crippen molar-refractivity contribution in [1.82, 2.24) is 9.97 Å². The highest BCUT2D eigenvalue weighted by molar-refractivity contribution is 5.90. The molecule has 102 valence electrons. The molecule has 0 atom stereocenters. The van der Waals surface area contributed by atoms with Gasteiger partial charge in [0.25, 0.3) is 0 Å². The van der Waals surface area contributed by atoms with E-state index in [0.29, 0.717) is 24.3 Å². The second-order valence-corrected chi connectivity index (χ2v) is 4.07. The maximum atomic E-state index is 11.8. The number of nitrogens with two attached hydrogens (primary N) is 2. The van der Waals surface area contributed by atoms with Crippen LogP contribution in [0.3, 0.4) is 0 Å². The molecule has 2 amide bonds. The number of ether oxygens (including phenoxy) is 1. The van der Waals surface area contributed by atoms with Crippen molar-refractivity contribution in [2.24, 2.45) is 5.73 Å². The minimum atomic E-state index is -0.556. The number of carbonyl (C=O) groups is 2. The van der Waals surface area contributed by atoms with Crippen molar-refractivity contribution in [2.45, 2.75) is 19.8 Å². The summed E-state index contributed by atoms with van der Waals surface area (Å²) in [4.78, 5) is 32.2. The van der Waals surface area contributed by atoms with Crippen LogP contribution in [0.15, 0.2) is 0 Å². The molecule has 1 aromatic heterocycles. The summed E-state index contributed by atoms with van der Waals surface area (Å²) >= 11 is 0. The molecule has 0 saturated carbocycles. The van der Waals surface area contributed by atoms with Gasteiger partial charge in [-0.3, -0.25) is 9.69 Å². The van der Waals surface area contributed by atoms with E-state index in [1.54, 1.807) is 6.92 Å². The van der Waals surface area contributed by atoms with Gasteiger partial charge in [-0.1, -0.05) is 0 Å². The van der Waals surface area contributed by atoms with E-state index in [4.69, 9.17) is 16.2 Å². The predicted octanol–water partition coefficient (Wildman–Crippen LogP) is -0.394. The standard InChI is InChI=1S/C11H15N5O3/c1-2-19-11(18)16-4-3-6-9(13)14-8(5-7(12)17)15-10(6)16/h2-5H2,1H3,(H2,12,17)(H2,13,14,15). The topological polar surface area (TPSA) is 124 Å². The quantitative estimate of drug-likeness (QED) is 0.766. The fourth-order valence-electron chi connectivity index (χ4n) is 1.94. The summed E-state index contributed by atoms with van der Waals surface area (Å²) < 4.78 is 4.94. The fraction of sp³-hybridized carbons (Fsp3) is 0.455. The highest BCUT2D eigenvalue weighted by atomic mass is 16.6. The van der Waals surface area contributed by atoms with Crippen molar-refractivity contribution in [2.75, 3.05) is 23.8 Å². The fourth-order valence-corrected chi connectivity index (χ4v) is 1.94. The summed E-state index contributed by atoms with van der Waals surface area (Å²) in [5, 5.41) is 0. The Hall–Kier alpha value is -2.38. The first-order chi connectivity index (χ1) is 9.02. The van der Waals surface area contributed by atoms with Gasteiger partial charge < -0.3 is 16.2 Å². The van der Waals surface area contributed by atoms with Crippen molar-refractivity contribution < 1.29 is 14.3 Å². The molecule has 0 aliphatic carbocycles. The first-order valence-electron chi connectivity index (χ1n) is 5.90. The number of hydrogen-bond donors (Lipinski definition) is 2. The lowest BCUT2D eigenvalue weighted by atomic mass is 10.2. The van der Waals surface area contributed by atoms with Gasteiger partial charge in [0, 0.05) is 12.1 Å². The van der Waals surface area contributed by atoms with Gasteiger partial charge in [-0.15, -0.1) is 0 Å². The summed E-state index contributed by atoms with van der Waals surface area (Å²) in [6.45, 7) is 2.44. The van der Waals surface area contributed by atoms with E-state index in [1.165, 1.54) is 4.90 Å². The number of nitrogens with zero attached hydrogens (tertiary/aromatic N) is 3. The largest absolute Gasteiger partial charge is 0.449 e. The van der Waals surface area contributed by atoms with Crippen molar-refractivity contribution in [3.63, 3.8) is 0 Å². The van der Waals surface area contributed by atoms with Crippen LogP contribution >= 0.6 is 0 Å². The van der Waals surface area contributed by atoms with Crippen molar-refractivity contribution >= 4 is 23.6 Å². The molecule has 8 heteroatoms. The normalized spacial score (nSPS) is 13.2. The smallest absolute Gasteiger partial charge is 0.415 e. The summed E-state index contributed by atoms with van der Waals surface area (Å²) in [6, 6.07) is 0. The molecule has 1 aliphatic heterocycles. The highest BCUT2D eigenvalue weighted by Crippen LogP contribution is 2.29. The third kappa shape index (κ3) is 2.56. The van der Waals surface area contributed by atoms with Gasteiger partial charge in [0.1, 0.15) is 17.5 Å². The molecule has 1 aliphatic rings. The third-order valence-corrected chi connectivity index (χ3v) is 2.73. The first-order valence-corrected chi connectivity index (χ1v) is 5.90. The second-order valence-electron chi connectivity index (χ2n) is 4.07. The van der Waals surface area contributed by atoms with Gasteiger partial charge in [0.05, 0.1) is 13.0 Å². The van der Waals surface area contributed by atoms with Crippen molar-refractivity contribution in [1.29, 1.82) is 0 Å². The van der Waals surface area contributed by atoms with Crippen LogP contribution in [0, 0.1) is 0 Å². The monoisotopic (exact) mass is 265 g/mol. The zero-order valence-electron chi connectivity index (χ0n) is 10.5. The number of fused-ring (bicyclic) bond motifs is 1. The molecule has 0 aromatic carbocycles. The highest BCUT2D eigenvalue weighted by Gasteiger charge is 2.30. The number of anilines is 2. The van der Waals surface area contributed by atoms with Crippen LogP contribution in [0.2, 0.25) is 0 Å². The maximum Gasteiger partial charge on any atom is 0.415 e. The molecule has 19 heavy (non-hydrogen) atoms. The molecule has 1 aromatic rings. The van der Waals surface area contributed by atoms with E-state index in [1.807, 2.05) is 0 Å². The molecule has 0 radical (unpaired) electrons. The lowest BCUT2D eigenvalue weighted by Gasteiger charge is -2.16. The van der Waals surface area contributed by atoms with Crippen LogP contribution in [0.5, 0.6) is 0 Å². The van der Waals surface area contributed by atoms with Crippen LogP contribution in [0.1, 0.15) is 18.3 Å². The third-order valence-electron chi connectivity index (χ3n) is 2.73. The predicted molar refractivity (Wildman–Crippen MR) is 67.4 cm³/mol. The SMILES string of the molecule is CCOC(=O)N1CCc2c(N)nc(CC(N)=O)nc21. The lowest BCUT2D eigenvalue weighted by Crippen LogP contribution is -2.30. The van der Waals surface area contributed by atoms with E-state index < -0.39 is 12.0 Å². The van der Waals surface area contributed by atoms with E-state index in [0.717, 1.165) is 0 Å². The minimum absolute atomic E-state index is 0.117. The summed E-state index contributed by atoms with van der Waals surface area (Å²) in [5.74, 6) is 0.329. The second kappa shape index (κ2) is 5.09. The molecule has 0 fully saturated rings. The van der Waals surface area contributed by atoms with Crippen LogP contribution in [-0.4, -0.2) is 35.1 Å². The molecular weight excluding hydrogens is 250 g/mol. The number of primary amides is 1. The molecular formula is C11H15N5O3. The molecule has 0 saturated heterocycles. The number of nitrogen functional groups attached to an aromatic ring is 1. The molecule has 0 bridgehead atoms. The van der Waals surface area contributed by atoms with Crippen LogP contribution < -0.4 is 16.4 Å². The number of amides is 2. The van der Waals surface area contributed by atoms with Crippen LogP contribution in [0.4, 0.5) is 16.4 Å². The molecule has 2 rings (SSSR count). The van der Waals surface area contributed by atoms with E-state index in [9.17, 15) is 9.59 Å².